The molecular formula is C23H26N2O4. The number of ether oxygens (including phenoxy) is 2. The Morgan fingerprint density at radius 3 is 2.17 bits per heavy atom. The fraction of sp³-hybridized carbons (Fsp3) is 0.391. The van der Waals surface area contributed by atoms with Crippen LogP contribution in [0.5, 0.6) is 11.5 Å². The zero-order chi connectivity index (χ0) is 20.4. The molecule has 1 aliphatic carbocycles. The van der Waals surface area contributed by atoms with Crippen LogP contribution in [0.3, 0.4) is 0 Å². The van der Waals surface area contributed by atoms with Gasteiger partial charge in [0.15, 0.2) is 11.5 Å². The fourth-order valence-electron chi connectivity index (χ4n) is 4.05. The first-order valence-electron chi connectivity index (χ1n) is 9.97. The predicted molar refractivity (Wildman–Crippen MR) is 109 cm³/mol. The maximum absolute atomic E-state index is 12.9. The predicted octanol–water partition coefficient (Wildman–Crippen LogP) is 2.79. The summed E-state index contributed by atoms with van der Waals surface area (Å²) in [4.78, 5) is 29.4. The van der Waals surface area contributed by atoms with Gasteiger partial charge in [-0.25, -0.2) is 0 Å². The van der Waals surface area contributed by atoms with Crippen molar-refractivity contribution >= 4 is 11.8 Å². The van der Waals surface area contributed by atoms with Gasteiger partial charge in [0, 0.05) is 37.7 Å². The minimum atomic E-state index is -0.0494. The van der Waals surface area contributed by atoms with Crippen molar-refractivity contribution in [3.63, 3.8) is 0 Å². The lowest BCUT2D eigenvalue weighted by atomic mass is 10.1. The van der Waals surface area contributed by atoms with Gasteiger partial charge >= 0.3 is 0 Å². The molecule has 0 bridgehead atoms. The van der Waals surface area contributed by atoms with Gasteiger partial charge in [0.25, 0.3) is 5.91 Å². The highest BCUT2D eigenvalue weighted by Crippen LogP contribution is 2.48. The maximum Gasteiger partial charge on any atom is 0.254 e. The van der Waals surface area contributed by atoms with Gasteiger partial charge in [-0.2, -0.15) is 0 Å². The lowest BCUT2D eigenvalue weighted by Gasteiger charge is -2.35. The van der Waals surface area contributed by atoms with Crippen LogP contribution in [0.4, 0.5) is 0 Å². The first-order chi connectivity index (χ1) is 14.1. The lowest BCUT2D eigenvalue weighted by Crippen LogP contribution is -2.51. The van der Waals surface area contributed by atoms with Crippen molar-refractivity contribution in [3.05, 3.63) is 59.7 Å². The average Bonchev–Trinajstić information content (AvgIpc) is 3.59. The Morgan fingerprint density at radius 1 is 0.862 bits per heavy atom. The van der Waals surface area contributed by atoms with Gasteiger partial charge in [0.1, 0.15) is 0 Å². The Morgan fingerprint density at radius 2 is 1.52 bits per heavy atom. The highest BCUT2D eigenvalue weighted by atomic mass is 16.5. The minimum absolute atomic E-state index is 0.0494. The number of carbonyl (C=O) groups is 2. The van der Waals surface area contributed by atoms with Crippen LogP contribution in [0, 0.1) is 5.92 Å². The van der Waals surface area contributed by atoms with Crippen LogP contribution in [0.1, 0.15) is 28.3 Å². The van der Waals surface area contributed by atoms with E-state index in [1.165, 1.54) is 5.56 Å². The SMILES string of the molecule is COc1ccc(C(=O)N2CCN(C(=O)[C@H]3C[C@H]3c3ccccc3)CC2)cc1OC. The number of carbonyl (C=O) groups excluding carboxylic acids is 2. The van der Waals surface area contributed by atoms with Gasteiger partial charge < -0.3 is 19.3 Å². The van der Waals surface area contributed by atoms with Crippen LogP contribution in [0.15, 0.2) is 48.5 Å². The van der Waals surface area contributed by atoms with Crippen molar-refractivity contribution in [2.45, 2.75) is 12.3 Å². The molecule has 2 atom stereocenters. The van der Waals surface area contributed by atoms with E-state index in [2.05, 4.69) is 12.1 Å². The first-order valence-corrected chi connectivity index (χ1v) is 9.97. The van der Waals surface area contributed by atoms with Gasteiger partial charge in [-0.1, -0.05) is 30.3 Å². The van der Waals surface area contributed by atoms with E-state index in [9.17, 15) is 9.59 Å². The standard InChI is InChI=1S/C23H26N2O4/c1-28-20-9-8-17(14-21(20)29-2)22(26)24-10-12-25(13-11-24)23(27)19-15-18(19)16-6-4-3-5-7-16/h3-9,14,18-19H,10-13,15H2,1-2H3/t18-,19-/m0/s1. The molecule has 2 aliphatic rings. The Hall–Kier alpha value is -3.02. The summed E-state index contributed by atoms with van der Waals surface area (Å²) in [5.74, 6) is 1.73. The molecule has 2 aromatic rings. The molecule has 2 aromatic carbocycles. The molecule has 0 radical (unpaired) electrons. The van der Waals surface area contributed by atoms with E-state index in [0.717, 1.165) is 6.42 Å². The van der Waals surface area contributed by atoms with Gasteiger partial charge in [-0.05, 0) is 36.1 Å². The van der Waals surface area contributed by atoms with E-state index < -0.39 is 0 Å². The molecule has 1 saturated heterocycles. The van der Waals surface area contributed by atoms with Crippen LogP contribution < -0.4 is 9.47 Å². The summed E-state index contributed by atoms with van der Waals surface area (Å²) < 4.78 is 10.5. The minimum Gasteiger partial charge on any atom is -0.493 e. The number of hydrogen-bond acceptors (Lipinski definition) is 4. The molecule has 6 nitrogen and oxygen atoms in total. The number of benzene rings is 2. The van der Waals surface area contributed by atoms with Crippen LogP contribution in [-0.4, -0.2) is 62.0 Å². The van der Waals surface area contributed by atoms with E-state index in [1.807, 2.05) is 23.1 Å². The largest absolute Gasteiger partial charge is 0.493 e. The third-order valence-corrected chi connectivity index (χ3v) is 5.84. The highest BCUT2D eigenvalue weighted by molar-refractivity contribution is 5.95. The highest BCUT2D eigenvalue weighted by Gasteiger charge is 2.46. The third kappa shape index (κ3) is 3.92. The molecule has 2 fully saturated rings. The normalized spacial score (nSPS) is 20.9. The maximum atomic E-state index is 12.9. The molecule has 152 valence electrons. The molecule has 0 aromatic heterocycles. The number of amides is 2. The molecule has 1 heterocycles. The molecule has 4 rings (SSSR count). The van der Waals surface area contributed by atoms with Crippen molar-refractivity contribution in [1.82, 2.24) is 9.80 Å². The molecule has 2 amide bonds. The summed E-state index contributed by atoms with van der Waals surface area (Å²) in [6.07, 6.45) is 0.924. The number of piperazine rings is 1. The zero-order valence-corrected chi connectivity index (χ0v) is 16.8. The molecule has 1 aliphatic heterocycles. The Bertz CT molecular complexity index is 891. The van der Waals surface area contributed by atoms with E-state index in [4.69, 9.17) is 9.47 Å². The Labute approximate surface area is 171 Å². The molecule has 29 heavy (non-hydrogen) atoms. The topological polar surface area (TPSA) is 59.1 Å². The van der Waals surface area contributed by atoms with Crippen molar-refractivity contribution in [2.24, 2.45) is 5.92 Å². The third-order valence-electron chi connectivity index (χ3n) is 5.84. The summed E-state index contributed by atoms with van der Waals surface area (Å²) in [6.45, 7) is 2.25. The number of hydrogen-bond donors (Lipinski definition) is 0. The quantitative estimate of drug-likeness (QED) is 0.783. The van der Waals surface area contributed by atoms with Crippen LogP contribution >= 0.6 is 0 Å². The first kappa shape index (κ1) is 19.3. The molecular weight excluding hydrogens is 368 g/mol. The second-order valence-corrected chi connectivity index (χ2v) is 7.55. The van der Waals surface area contributed by atoms with Crippen LogP contribution in [0.2, 0.25) is 0 Å². The molecule has 1 saturated carbocycles. The van der Waals surface area contributed by atoms with Gasteiger partial charge in [0.05, 0.1) is 14.2 Å². The summed E-state index contributed by atoms with van der Waals surface area (Å²) >= 11 is 0. The lowest BCUT2D eigenvalue weighted by molar-refractivity contribution is -0.134. The molecule has 0 spiro atoms. The summed E-state index contributed by atoms with van der Waals surface area (Å²) in [7, 11) is 3.12. The van der Waals surface area contributed by atoms with Crippen molar-refractivity contribution < 1.29 is 19.1 Å². The van der Waals surface area contributed by atoms with Crippen molar-refractivity contribution in [1.29, 1.82) is 0 Å². The second-order valence-electron chi connectivity index (χ2n) is 7.55. The number of nitrogens with zero attached hydrogens (tertiary/aromatic N) is 2. The molecule has 0 unspecified atom stereocenters. The van der Waals surface area contributed by atoms with E-state index in [0.29, 0.717) is 49.2 Å². The van der Waals surface area contributed by atoms with E-state index in [-0.39, 0.29) is 17.7 Å². The number of methoxy groups -OCH3 is 2. The van der Waals surface area contributed by atoms with Crippen LogP contribution in [0.25, 0.3) is 0 Å². The molecule has 0 N–H and O–H groups in total. The number of rotatable bonds is 5. The summed E-state index contributed by atoms with van der Waals surface area (Å²) in [5, 5.41) is 0. The Balaban J connectivity index is 1.34. The van der Waals surface area contributed by atoms with Crippen molar-refractivity contribution in [3.8, 4) is 11.5 Å². The van der Waals surface area contributed by atoms with Crippen molar-refractivity contribution in [2.75, 3.05) is 40.4 Å². The van der Waals surface area contributed by atoms with Gasteiger partial charge in [-0.15, -0.1) is 0 Å². The van der Waals surface area contributed by atoms with E-state index in [1.54, 1.807) is 37.3 Å². The molecule has 6 heteroatoms. The van der Waals surface area contributed by atoms with Gasteiger partial charge in [0.2, 0.25) is 5.91 Å². The fourth-order valence-corrected chi connectivity index (χ4v) is 4.05. The smallest absolute Gasteiger partial charge is 0.254 e. The average molecular weight is 394 g/mol. The monoisotopic (exact) mass is 394 g/mol. The summed E-state index contributed by atoms with van der Waals surface area (Å²) in [5.41, 5.74) is 1.81. The van der Waals surface area contributed by atoms with Gasteiger partial charge in [-0.3, -0.25) is 9.59 Å². The summed E-state index contributed by atoms with van der Waals surface area (Å²) in [6, 6.07) is 15.4. The van der Waals surface area contributed by atoms with E-state index >= 15 is 0 Å². The zero-order valence-electron chi connectivity index (χ0n) is 16.8. The second kappa shape index (κ2) is 8.15. The Kier molecular flexibility index (Phi) is 5.43. The van der Waals surface area contributed by atoms with Crippen LogP contribution in [-0.2, 0) is 4.79 Å².